The molecule has 124 valence electrons. The number of nitrogens with two attached hydrogens (primary N) is 1. The summed E-state index contributed by atoms with van der Waals surface area (Å²) in [4.78, 5) is 55.9. The predicted molar refractivity (Wildman–Crippen MR) is 74.3 cm³/mol. The molecule has 3 atom stereocenters. The zero-order chi connectivity index (χ0) is 17.4. The average molecular weight is 316 g/mol. The van der Waals surface area contributed by atoms with Crippen molar-refractivity contribution in [3.63, 3.8) is 0 Å². The van der Waals surface area contributed by atoms with Gasteiger partial charge < -0.3 is 26.8 Å². The maximum atomic E-state index is 11.8. The van der Waals surface area contributed by atoms with Gasteiger partial charge in [0.2, 0.25) is 23.6 Å². The van der Waals surface area contributed by atoms with Crippen LogP contribution < -0.4 is 21.7 Å². The fourth-order valence-corrected chi connectivity index (χ4v) is 1.47. The van der Waals surface area contributed by atoms with E-state index in [0.29, 0.717) is 0 Å². The Hall–Kier alpha value is -2.65. The Morgan fingerprint density at radius 1 is 0.955 bits per heavy atom. The van der Waals surface area contributed by atoms with Crippen molar-refractivity contribution < 1.29 is 29.1 Å². The van der Waals surface area contributed by atoms with Gasteiger partial charge in [-0.05, 0) is 13.8 Å². The summed E-state index contributed by atoms with van der Waals surface area (Å²) < 4.78 is 0. The summed E-state index contributed by atoms with van der Waals surface area (Å²) in [6.07, 6.45) is -0.565. The number of hydrogen-bond acceptors (Lipinski definition) is 5. The molecule has 0 heterocycles. The Morgan fingerprint density at radius 2 is 1.41 bits per heavy atom. The van der Waals surface area contributed by atoms with Crippen molar-refractivity contribution in [1.29, 1.82) is 0 Å². The second-order valence-corrected chi connectivity index (χ2v) is 4.72. The Labute approximate surface area is 126 Å². The number of carbonyl (C=O) groups excluding carboxylic acids is 4. The van der Waals surface area contributed by atoms with Crippen LogP contribution in [0, 0.1) is 0 Å². The number of nitrogens with one attached hydrogen (secondary N) is 3. The number of aliphatic carboxylic acids is 1. The van der Waals surface area contributed by atoms with Crippen LogP contribution in [0.1, 0.15) is 27.2 Å². The van der Waals surface area contributed by atoms with E-state index in [0.717, 1.165) is 0 Å². The molecule has 0 saturated carbocycles. The number of carbonyl (C=O) groups is 5. The van der Waals surface area contributed by atoms with Crippen molar-refractivity contribution in [2.45, 2.75) is 45.3 Å². The molecular formula is C12H20N4O6. The van der Waals surface area contributed by atoms with Gasteiger partial charge in [0.25, 0.3) is 0 Å². The lowest BCUT2D eigenvalue weighted by Gasteiger charge is -2.20. The molecule has 0 unspecified atom stereocenters. The smallest absolute Gasteiger partial charge is 0.326 e. The molecule has 4 amide bonds. The zero-order valence-electron chi connectivity index (χ0n) is 12.5. The van der Waals surface area contributed by atoms with Gasteiger partial charge in [0.15, 0.2) is 0 Å². The van der Waals surface area contributed by atoms with Crippen LogP contribution in [0.15, 0.2) is 0 Å². The molecule has 0 aromatic rings. The van der Waals surface area contributed by atoms with E-state index in [2.05, 4.69) is 16.0 Å². The van der Waals surface area contributed by atoms with Crippen LogP contribution in [0.5, 0.6) is 0 Å². The SMILES string of the molecule is CC(=O)N[C@H](C)C(=O)N[C@H](C)C(=O)N[C@@H](CC(N)=O)C(=O)O. The van der Waals surface area contributed by atoms with E-state index in [1.165, 1.54) is 20.8 Å². The third-order valence-electron chi connectivity index (χ3n) is 2.58. The van der Waals surface area contributed by atoms with Crippen LogP contribution in [-0.2, 0) is 24.0 Å². The van der Waals surface area contributed by atoms with Crippen molar-refractivity contribution >= 4 is 29.6 Å². The zero-order valence-corrected chi connectivity index (χ0v) is 12.5. The second-order valence-electron chi connectivity index (χ2n) is 4.72. The molecule has 0 aromatic heterocycles. The molecule has 0 rings (SSSR count). The minimum absolute atomic E-state index is 0.410. The highest BCUT2D eigenvalue weighted by atomic mass is 16.4. The fraction of sp³-hybridized carbons (Fsp3) is 0.583. The van der Waals surface area contributed by atoms with Crippen molar-refractivity contribution in [1.82, 2.24) is 16.0 Å². The molecule has 0 aliphatic carbocycles. The van der Waals surface area contributed by atoms with Crippen LogP contribution in [0.4, 0.5) is 0 Å². The van der Waals surface area contributed by atoms with Gasteiger partial charge in [-0.15, -0.1) is 0 Å². The fourth-order valence-electron chi connectivity index (χ4n) is 1.47. The van der Waals surface area contributed by atoms with E-state index >= 15 is 0 Å². The van der Waals surface area contributed by atoms with Crippen LogP contribution in [0.2, 0.25) is 0 Å². The van der Waals surface area contributed by atoms with Gasteiger partial charge in [-0.2, -0.15) is 0 Å². The van der Waals surface area contributed by atoms with Crippen molar-refractivity contribution in [2.75, 3.05) is 0 Å². The van der Waals surface area contributed by atoms with Gasteiger partial charge in [-0.25, -0.2) is 4.79 Å². The van der Waals surface area contributed by atoms with Crippen molar-refractivity contribution in [3.05, 3.63) is 0 Å². The van der Waals surface area contributed by atoms with E-state index in [1.54, 1.807) is 0 Å². The van der Waals surface area contributed by atoms with E-state index in [9.17, 15) is 24.0 Å². The van der Waals surface area contributed by atoms with Crippen LogP contribution >= 0.6 is 0 Å². The summed E-state index contributed by atoms with van der Waals surface area (Å²) in [5.41, 5.74) is 4.89. The summed E-state index contributed by atoms with van der Waals surface area (Å²) in [5, 5.41) is 15.6. The maximum Gasteiger partial charge on any atom is 0.326 e. The molecule has 0 fully saturated rings. The minimum Gasteiger partial charge on any atom is -0.480 e. The van der Waals surface area contributed by atoms with Gasteiger partial charge >= 0.3 is 5.97 Å². The lowest BCUT2D eigenvalue weighted by molar-refractivity contribution is -0.143. The molecule has 0 radical (unpaired) electrons. The number of primary amides is 1. The largest absolute Gasteiger partial charge is 0.480 e. The summed E-state index contributed by atoms with van der Waals surface area (Å²) in [6, 6.07) is -3.39. The van der Waals surface area contributed by atoms with E-state index in [1.807, 2.05) is 0 Å². The van der Waals surface area contributed by atoms with Gasteiger partial charge in [0, 0.05) is 6.92 Å². The summed E-state index contributed by atoms with van der Waals surface area (Å²) in [5.74, 6) is -4.12. The number of amides is 4. The molecule has 22 heavy (non-hydrogen) atoms. The van der Waals surface area contributed by atoms with Crippen LogP contribution in [0.3, 0.4) is 0 Å². The maximum absolute atomic E-state index is 11.8. The molecule has 0 aromatic carbocycles. The topological polar surface area (TPSA) is 168 Å². The molecule has 0 aliphatic heterocycles. The second kappa shape index (κ2) is 8.60. The number of rotatable bonds is 8. The Balaban J connectivity index is 4.58. The lowest BCUT2D eigenvalue weighted by atomic mass is 10.1. The molecule has 10 nitrogen and oxygen atoms in total. The molecule has 10 heteroatoms. The first-order valence-electron chi connectivity index (χ1n) is 6.43. The molecule has 0 bridgehead atoms. The Bertz CT molecular complexity index is 478. The van der Waals surface area contributed by atoms with Crippen LogP contribution in [-0.4, -0.2) is 52.8 Å². The molecule has 0 aliphatic rings. The monoisotopic (exact) mass is 316 g/mol. The summed E-state index contributed by atoms with van der Waals surface area (Å²) >= 11 is 0. The molecular weight excluding hydrogens is 296 g/mol. The first-order valence-corrected chi connectivity index (χ1v) is 6.43. The van der Waals surface area contributed by atoms with E-state index in [4.69, 9.17) is 10.8 Å². The number of carboxylic acid groups (broad SMARTS) is 1. The van der Waals surface area contributed by atoms with E-state index in [-0.39, 0.29) is 0 Å². The number of hydrogen-bond donors (Lipinski definition) is 5. The Morgan fingerprint density at radius 3 is 1.82 bits per heavy atom. The number of carboxylic acids is 1. The average Bonchev–Trinajstić information content (AvgIpc) is 2.35. The quantitative estimate of drug-likeness (QED) is 0.330. The third-order valence-corrected chi connectivity index (χ3v) is 2.58. The van der Waals surface area contributed by atoms with Crippen LogP contribution in [0.25, 0.3) is 0 Å². The molecule has 6 N–H and O–H groups in total. The predicted octanol–water partition coefficient (Wildman–Crippen LogP) is -2.54. The first-order chi connectivity index (χ1) is 10.0. The Kier molecular flexibility index (Phi) is 7.56. The van der Waals surface area contributed by atoms with Gasteiger partial charge in [-0.1, -0.05) is 0 Å². The van der Waals surface area contributed by atoms with Gasteiger partial charge in [0.1, 0.15) is 18.1 Å². The third kappa shape index (κ3) is 7.22. The minimum atomic E-state index is -1.47. The summed E-state index contributed by atoms with van der Waals surface area (Å²) in [6.45, 7) is 3.99. The standard InChI is InChI=1S/C12H20N4O6/c1-5(14-7(3)17)10(19)15-6(2)11(20)16-8(12(21)22)4-9(13)18/h5-6,8H,4H2,1-3H3,(H2,13,18)(H,14,17)(H,15,19)(H,16,20)(H,21,22)/t5-,6-,8+/m1/s1. The summed E-state index contributed by atoms with van der Waals surface area (Å²) in [7, 11) is 0. The van der Waals surface area contributed by atoms with Crippen molar-refractivity contribution in [3.8, 4) is 0 Å². The molecule has 0 spiro atoms. The van der Waals surface area contributed by atoms with E-state index < -0.39 is 54.1 Å². The van der Waals surface area contributed by atoms with Gasteiger partial charge in [-0.3, -0.25) is 19.2 Å². The molecule has 0 saturated heterocycles. The lowest BCUT2D eigenvalue weighted by Crippen LogP contribution is -2.54. The highest BCUT2D eigenvalue weighted by molar-refractivity contribution is 5.93. The van der Waals surface area contributed by atoms with Crippen molar-refractivity contribution in [2.24, 2.45) is 5.73 Å². The first kappa shape index (κ1) is 19.4. The van der Waals surface area contributed by atoms with Gasteiger partial charge in [0.05, 0.1) is 6.42 Å². The highest BCUT2D eigenvalue weighted by Crippen LogP contribution is 1.94. The highest BCUT2D eigenvalue weighted by Gasteiger charge is 2.26. The normalized spacial score (nSPS) is 14.1.